The van der Waals surface area contributed by atoms with E-state index in [-0.39, 0.29) is 18.0 Å². The molecule has 2 aromatic rings. The number of aryl methyl sites for hydroxylation is 1. The molecule has 33 heavy (non-hydrogen) atoms. The van der Waals surface area contributed by atoms with Gasteiger partial charge in [0.1, 0.15) is 0 Å². The van der Waals surface area contributed by atoms with Crippen LogP contribution in [0.3, 0.4) is 0 Å². The van der Waals surface area contributed by atoms with Gasteiger partial charge in [-0.1, -0.05) is 6.92 Å². The Kier molecular flexibility index (Phi) is 5.93. The number of aromatic nitrogens is 1. The number of benzene rings is 1. The van der Waals surface area contributed by atoms with Crippen molar-refractivity contribution in [3.8, 4) is 0 Å². The first-order valence-corrected chi connectivity index (χ1v) is 12.0. The van der Waals surface area contributed by atoms with E-state index in [1.165, 1.54) is 11.3 Å². The van der Waals surface area contributed by atoms with Gasteiger partial charge in [-0.3, -0.25) is 14.7 Å². The summed E-state index contributed by atoms with van der Waals surface area (Å²) < 4.78 is 0. The van der Waals surface area contributed by atoms with Gasteiger partial charge in [0, 0.05) is 63.8 Å². The summed E-state index contributed by atoms with van der Waals surface area (Å²) in [6, 6.07) is 8.26. The van der Waals surface area contributed by atoms with E-state index in [9.17, 15) is 9.59 Å². The van der Waals surface area contributed by atoms with Crippen LogP contribution in [-0.4, -0.2) is 66.5 Å². The van der Waals surface area contributed by atoms with Gasteiger partial charge in [-0.05, 0) is 54.7 Å². The third-order valence-corrected chi connectivity index (χ3v) is 7.11. The second-order valence-electron chi connectivity index (χ2n) is 9.10. The number of carbonyl (C=O) groups excluding carboxylic acids is 2. The number of hydrogen-bond acceptors (Lipinski definition) is 5. The number of piperazine rings is 1. The van der Waals surface area contributed by atoms with E-state index >= 15 is 0 Å². The van der Waals surface area contributed by atoms with Crippen molar-refractivity contribution in [1.82, 2.24) is 20.1 Å². The zero-order valence-electron chi connectivity index (χ0n) is 19.4. The number of anilines is 2. The zero-order valence-corrected chi connectivity index (χ0v) is 19.4. The second-order valence-corrected chi connectivity index (χ2v) is 9.10. The van der Waals surface area contributed by atoms with Crippen molar-refractivity contribution in [3.63, 3.8) is 0 Å². The van der Waals surface area contributed by atoms with Crippen molar-refractivity contribution < 1.29 is 9.59 Å². The maximum absolute atomic E-state index is 12.4. The van der Waals surface area contributed by atoms with E-state index in [1.54, 1.807) is 7.05 Å². The van der Waals surface area contributed by atoms with Gasteiger partial charge in [0.05, 0.1) is 17.4 Å². The minimum Gasteiger partial charge on any atom is -0.369 e. The third-order valence-electron chi connectivity index (χ3n) is 7.11. The Balaban J connectivity index is 1.23. The molecule has 3 amide bonds. The number of carbonyl (C=O) groups is 2. The summed E-state index contributed by atoms with van der Waals surface area (Å²) in [6.45, 7) is 7.58. The van der Waals surface area contributed by atoms with Gasteiger partial charge in [0.2, 0.25) is 0 Å². The molecule has 8 heteroatoms. The number of rotatable bonds is 5. The molecule has 2 saturated heterocycles. The second kappa shape index (κ2) is 9.02. The molecule has 4 heterocycles. The van der Waals surface area contributed by atoms with Crippen LogP contribution >= 0.6 is 0 Å². The first-order valence-electron chi connectivity index (χ1n) is 12.0. The lowest BCUT2D eigenvalue weighted by atomic mass is 10.0. The smallest absolute Gasteiger partial charge is 0.322 e. The van der Waals surface area contributed by atoms with E-state index in [0.29, 0.717) is 5.56 Å². The number of amides is 3. The summed E-state index contributed by atoms with van der Waals surface area (Å²) >= 11 is 0. The molecule has 0 aliphatic carbocycles. The normalized spacial score (nSPS) is 20.3. The predicted molar refractivity (Wildman–Crippen MR) is 129 cm³/mol. The average Bonchev–Trinajstić information content (AvgIpc) is 3.34. The first kappa shape index (κ1) is 21.7. The molecule has 1 unspecified atom stereocenters. The lowest BCUT2D eigenvalue weighted by Crippen LogP contribution is -2.46. The summed E-state index contributed by atoms with van der Waals surface area (Å²) in [5.41, 5.74) is 6.17. The van der Waals surface area contributed by atoms with Crippen molar-refractivity contribution >= 4 is 23.3 Å². The Labute approximate surface area is 195 Å². The molecule has 2 N–H and O–H groups in total. The highest BCUT2D eigenvalue weighted by Gasteiger charge is 2.37. The number of nitrogens with zero attached hydrogens (tertiary/aromatic N) is 4. The minimum atomic E-state index is -0.0449. The fourth-order valence-corrected chi connectivity index (χ4v) is 5.32. The summed E-state index contributed by atoms with van der Waals surface area (Å²) in [5, 5.41) is 5.74. The van der Waals surface area contributed by atoms with Gasteiger partial charge in [0.15, 0.2) is 0 Å². The molecule has 3 aliphatic rings. The van der Waals surface area contributed by atoms with E-state index in [0.717, 1.165) is 75.5 Å². The van der Waals surface area contributed by atoms with Crippen molar-refractivity contribution in [1.29, 1.82) is 0 Å². The summed E-state index contributed by atoms with van der Waals surface area (Å²) in [4.78, 5) is 35.9. The van der Waals surface area contributed by atoms with Crippen LogP contribution in [0.5, 0.6) is 0 Å². The lowest BCUT2D eigenvalue weighted by Gasteiger charge is -2.37. The van der Waals surface area contributed by atoms with Gasteiger partial charge in [0.25, 0.3) is 5.91 Å². The Morgan fingerprint density at radius 3 is 2.76 bits per heavy atom. The van der Waals surface area contributed by atoms with E-state index in [2.05, 4.69) is 39.5 Å². The fraction of sp³-hybridized carbons (Fsp3) is 0.480. The molecule has 0 bridgehead atoms. The topological polar surface area (TPSA) is 80.8 Å². The number of fused-ring (bicyclic) bond motifs is 3. The molecule has 0 radical (unpaired) electrons. The van der Waals surface area contributed by atoms with Crippen LogP contribution in [0.2, 0.25) is 0 Å². The van der Waals surface area contributed by atoms with E-state index in [1.807, 2.05) is 23.2 Å². The highest BCUT2D eigenvalue weighted by molar-refractivity contribution is 5.95. The van der Waals surface area contributed by atoms with Gasteiger partial charge in [-0.15, -0.1) is 0 Å². The molecule has 0 spiro atoms. The summed E-state index contributed by atoms with van der Waals surface area (Å²) in [6.07, 6.45) is 4.91. The molecule has 1 aromatic carbocycles. The maximum atomic E-state index is 12.4. The first-order chi connectivity index (χ1) is 16.1. The molecule has 0 saturated carbocycles. The average molecular weight is 449 g/mol. The van der Waals surface area contributed by atoms with Crippen molar-refractivity contribution in [2.75, 3.05) is 50.0 Å². The number of urea groups is 1. The summed E-state index contributed by atoms with van der Waals surface area (Å²) in [5.74, 6) is -0.0449. The third kappa shape index (κ3) is 4.15. The van der Waals surface area contributed by atoms with Crippen LogP contribution in [0.25, 0.3) is 0 Å². The quantitative estimate of drug-likeness (QED) is 0.735. The van der Waals surface area contributed by atoms with Crippen LogP contribution in [0.15, 0.2) is 30.5 Å². The lowest BCUT2D eigenvalue weighted by molar-refractivity contribution is 0.0963. The van der Waals surface area contributed by atoms with Crippen LogP contribution in [0, 0.1) is 0 Å². The number of hydrogen-bond donors (Lipinski definition) is 2. The SMILES string of the molecule is CCc1cc(C(=O)NC)ccc1N1CCN(Cc2cnc3c(c2)NC(=O)N2CCCC32)CC1. The van der Waals surface area contributed by atoms with E-state index in [4.69, 9.17) is 4.98 Å². The standard InChI is InChI=1S/C25H32N6O2/c1-3-18-14-19(24(32)26-2)6-7-21(18)30-11-9-29(10-12-30)16-17-13-20-23(27-15-17)22-5-4-8-31(22)25(33)28-20/h6-7,13-15,22H,3-5,8-12,16H2,1-2H3,(H,26,32)(H,28,33). The van der Waals surface area contributed by atoms with Crippen LogP contribution in [0.1, 0.15) is 53.0 Å². The van der Waals surface area contributed by atoms with Crippen molar-refractivity contribution in [2.24, 2.45) is 0 Å². The monoisotopic (exact) mass is 448 g/mol. The largest absolute Gasteiger partial charge is 0.369 e. The Hall–Kier alpha value is -3.13. The van der Waals surface area contributed by atoms with Crippen LogP contribution in [0.4, 0.5) is 16.2 Å². The van der Waals surface area contributed by atoms with Gasteiger partial charge < -0.3 is 20.4 Å². The van der Waals surface area contributed by atoms with Crippen LogP contribution in [-0.2, 0) is 13.0 Å². The molecule has 5 rings (SSSR count). The van der Waals surface area contributed by atoms with Gasteiger partial charge in [-0.25, -0.2) is 4.79 Å². The minimum absolute atomic E-state index is 0.00623. The molecule has 3 aliphatic heterocycles. The maximum Gasteiger partial charge on any atom is 0.322 e. The Morgan fingerprint density at radius 2 is 2.00 bits per heavy atom. The highest BCUT2D eigenvalue weighted by Crippen LogP contribution is 2.38. The number of nitrogens with one attached hydrogen (secondary N) is 2. The summed E-state index contributed by atoms with van der Waals surface area (Å²) in [7, 11) is 1.66. The Bertz CT molecular complexity index is 1060. The Morgan fingerprint density at radius 1 is 1.18 bits per heavy atom. The van der Waals surface area contributed by atoms with Gasteiger partial charge >= 0.3 is 6.03 Å². The number of pyridine rings is 1. The molecular weight excluding hydrogens is 416 g/mol. The fourth-order valence-electron chi connectivity index (χ4n) is 5.32. The highest BCUT2D eigenvalue weighted by atomic mass is 16.2. The molecule has 8 nitrogen and oxygen atoms in total. The van der Waals surface area contributed by atoms with Gasteiger partial charge in [-0.2, -0.15) is 0 Å². The molecular formula is C25H32N6O2. The molecule has 174 valence electrons. The molecule has 1 aromatic heterocycles. The van der Waals surface area contributed by atoms with Crippen molar-refractivity contribution in [3.05, 3.63) is 52.8 Å². The van der Waals surface area contributed by atoms with E-state index < -0.39 is 0 Å². The van der Waals surface area contributed by atoms with Crippen molar-refractivity contribution in [2.45, 2.75) is 38.8 Å². The molecule has 1 atom stereocenters. The molecule has 2 fully saturated rings. The predicted octanol–water partition coefficient (Wildman–Crippen LogP) is 3.01. The van der Waals surface area contributed by atoms with Crippen LogP contribution < -0.4 is 15.5 Å². The zero-order chi connectivity index (χ0) is 22.9.